The third-order valence-corrected chi connectivity index (χ3v) is 11.5. The van der Waals surface area contributed by atoms with Crippen molar-refractivity contribution < 1.29 is 19.7 Å². The van der Waals surface area contributed by atoms with Gasteiger partial charge in [0.25, 0.3) is 0 Å². The number of carbonyl (C=O) groups is 1. The number of phenolic OH excluding ortho intramolecular Hbond substituents is 1. The van der Waals surface area contributed by atoms with E-state index in [0.717, 1.165) is 31.2 Å². The highest BCUT2D eigenvalue weighted by molar-refractivity contribution is 9.10. The Kier molecular flexibility index (Phi) is 8.75. The van der Waals surface area contributed by atoms with Gasteiger partial charge in [-0.15, -0.1) is 0 Å². The highest BCUT2D eigenvalue weighted by Gasteiger charge is 2.46. The molecular formula is C27H37Br3O4. The number of aliphatic hydroxyl groups is 1. The number of ether oxygens (including phenoxy) is 1. The van der Waals surface area contributed by atoms with E-state index in [1.807, 2.05) is 20.8 Å². The molecule has 4 nitrogen and oxygen atoms in total. The van der Waals surface area contributed by atoms with Crippen LogP contribution in [0.15, 0.2) is 30.4 Å². The molecule has 0 spiro atoms. The van der Waals surface area contributed by atoms with E-state index in [-0.39, 0.29) is 21.9 Å². The lowest BCUT2D eigenvalue weighted by Gasteiger charge is -2.48. The lowest BCUT2D eigenvalue weighted by Crippen LogP contribution is -2.44. The molecule has 0 amide bonds. The molecule has 1 aliphatic heterocycles. The number of halogens is 3. The van der Waals surface area contributed by atoms with Crippen LogP contribution < -0.4 is 0 Å². The highest BCUT2D eigenvalue weighted by Crippen LogP contribution is 2.52. The number of allylic oxidation sites excluding steroid dienone is 1. The minimum absolute atomic E-state index is 0.110. The average molecular weight is 665 g/mol. The van der Waals surface area contributed by atoms with Gasteiger partial charge >= 0.3 is 5.97 Å². The van der Waals surface area contributed by atoms with Gasteiger partial charge in [0.2, 0.25) is 0 Å². The number of hydrogen-bond acceptors (Lipinski definition) is 4. The van der Waals surface area contributed by atoms with Crippen LogP contribution in [0.1, 0.15) is 82.1 Å². The zero-order valence-corrected chi connectivity index (χ0v) is 25.3. The van der Waals surface area contributed by atoms with Crippen molar-refractivity contribution in [1.29, 1.82) is 0 Å². The van der Waals surface area contributed by atoms with E-state index in [0.29, 0.717) is 29.7 Å². The zero-order valence-electron chi connectivity index (χ0n) is 20.5. The lowest BCUT2D eigenvalue weighted by molar-refractivity contribution is -0.0000638. The molecule has 1 aromatic rings. The van der Waals surface area contributed by atoms with Gasteiger partial charge in [0.1, 0.15) is 11.9 Å². The number of aromatic hydroxyl groups is 1. The topological polar surface area (TPSA) is 66.8 Å². The summed E-state index contributed by atoms with van der Waals surface area (Å²) in [6.07, 6.45) is 4.79. The van der Waals surface area contributed by atoms with E-state index in [1.165, 1.54) is 5.57 Å². The van der Waals surface area contributed by atoms with Gasteiger partial charge in [-0.05, 0) is 101 Å². The Hall–Kier alpha value is -0.370. The van der Waals surface area contributed by atoms with Gasteiger partial charge in [-0.2, -0.15) is 0 Å². The molecule has 190 valence electrons. The van der Waals surface area contributed by atoms with E-state index in [4.69, 9.17) is 4.74 Å². The van der Waals surface area contributed by atoms with Crippen LogP contribution in [0, 0.1) is 11.3 Å². The van der Waals surface area contributed by atoms with Gasteiger partial charge in [-0.1, -0.05) is 66.9 Å². The highest BCUT2D eigenvalue weighted by atomic mass is 79.9. The van der Waals surface area contributed by atoms with Crippen LogP contribution in [-0.2, 0) is 11.2 Å². The Morgan fingerprint density at radius 2 is 1.79 bits per heavy atom. The van der Waals surface area contributed by atoms with Gasteiger partial charge in [-0.3, -0.25) is 0 Å². The van der Waals surface area contributed by atoms with Crippen molar-refractivity contribution >= 4 is 53.8 Å². The molecule has 1 saturated carbocycles. The molecule has 34 heavy (non-hydrogen) atoms. The van der Waals surface area contributed by atoms with Crippen LogP contribution in [0.5, 0.6) is 5.75 Å². The summed E-state index contributed by atoms with van der Waals surface area (Å²) in [6.45, 7) is 12.5. The van der Waals surface area contributed by atoms with E-state index in [9.17, 15) is 15.0 Å². The van der Waals surface area contributed by atoms with E-state index in [2.05, 4.69) is 61.3 Å². The summed E-state index contributed by atoms with van der Waals surface area (Å²) in [5.41, 5.74) is 1.27. The van der Waals surface area contributed by atoms with Crippen LogP contribution in [0.2, 0.25) is 0 Å². The summed E-state index contributed by atoms with van der Waals surface area (Å²) in [5.74, 6) is -0.106. The number of fused-ring (bicyclic) bond motifs is 3. The molecule has 7 heteroatoms. The van der Waals surface area contributed by atoms with E-state index < -0.39 is 22.0 Å². The number of cyclic esters (lactones) is 1. The molecule has 1 aromatic carbocycles. The molecule has 2 aliphatic rings. The Morgan fingerprint density at radius 3 is 2.44 bits per heavy atom. The first-order valence-electron chi connectivity index (χ1n) is 12.0. The fourth-order valence-corrected chi connectivity index (χ4v) is 6.93. The second-order valence-electron chi connectivity index (χ2n) is 11.1. The molecular weight excluding hydrogens is 628 g/mol. The number of hydrogen-bond donors (Lipinski definition) is 2. The molecule has 1 fully saturated rings. The smallest absolute Gasteiger partial charge is 0.338 e. The molecule has 1 heterocycles. The molecule has 2 bridgehead atoms. The molecule has 0 aromatic heterocycles. The summed E-state index contributed by atoms with van der Waals surface area (Å²) >= 11 is 11.4. The van der Waals surface area contributed by atoms with Crippen molar-refractivity contribution in [1.82, 2.24) is 0 Å². The van der Waals surface area contributed by atoms with Gasteiger partial charge in [0, 0.05) is 9.65 Å². The van der Waals surface area contributed by atoms with Crippen LogP contribution >= 0.6 is 47.8 Å². The molecule has 6 atom stereocenters. The number of benzene rings is 1. The first-order valence-corrected chi connectivity index (χ1v) is 14.7. The second-order valence-corrected chi connectivity index (χ2v) is 15.4. The van der Waals surface area contributed by atoms with Gasteiger partial charge in [0.05, 0.1) is 15.5 Å². The summed E-state index contributed by atoms with van der Waals surface area (Å²) in [5, 5.41) is 22.0. The number of rotatable bonds is 1. The number of alkyl halides is 3. The third-order valence-electron chi connectivity index (χ3n) is 8.00. The largest absolute Gasteiger partial charge is 0.508 e. The molecule has 3 rings (SSSR count). The van der Waals surface area contributed by atoms with Crippen molar-refractivity contribution in [2.45, 2.75) is 98.3 Å². The minimum atomic E-state index is -0.960. The fourth-order valence-electron chi connectivity index (χ4n) is 5.37. The van der Waals surface area contributed by atoms with Crippen molar-refractivity contribution in [3.8, 4) is 5.75 Å². The maximum Gasteiger partial charge on any atom is 0.338 e. The van der Waals surface area contributed by atoms with Crippen LogP contribution in [0.3, 0.4) is 0 Å². The minimum Gasteiger partial charge on any atom is -0.508 e. The van der Waals surface area contributed by atoms with Crippen molar-refractivity contribution in [2.75, 3.05) is 0 Å². The standard InChI is InChI=1S/C27H37Br3O4/c1-16-6-9-21(28)26(4)12-10-22(29)27(5,33)13-11-23(25(2,3)30)34-24(32)17-7-8-20(31)18(14-17)15-19(16)26/h7-8,14,19,21-23,31,33H,1,6,9-13,15H2,2-5H3/t19?,21-,22+,23-,26-,27-/m0/s1. The summed E-state index contributed by atoms with van der Waals surface area (Å²) in [6, 6.07) is 4.97. The Bertz CT molecular complexity index is 923. The monoisotopic (exact) mass is 662 g/mol. The number of esters is 1. The number of carbonyl (C=O) groups excluding carboxylic acids is 1. The molecule has 1 aliphatic carbocycles. The first-order chi connectivity index (χ1) is 15.6. The fraction of sp³-hybridized carbons (Fsp3) is 0.667. The molecule has 1 unspecified atom stereocenters. The number of phenols is 1. The summed E-state index contributed by atoms with van der Waals surface area (Å²) < 4.78 is 5.48. The van der Waals surface area contributed by atoms with Crippen LogP contribution in [-0.4, -0.2) is 41.9 Å². The van der Waals surface area contributed by atoms with E-state index >= 15 is 0 Å². The van der Waals surface area contributed by atoms with Crippen molar-refractivity contribution in [3.05, 3.63) is 41.5 Å². The Labute approximate surface area is 229 Å². The van der Waals surface area contributed by atoms with Gasteiger partial charge in [0.15, 0.2) is 0 Å². The molecule has 0 saturated heterocycles. The predicted molar refractivity (Wildman–Crippen MR) is 149 cm³/mol. The summed E-state index contributed by atoms with van der Waals surface area (Å²) in [4.78, 5) is 13.3. The first kappa shape index (κ1) is 28.2. The normalized spacial score (nSPS) is 36.1. The second kappa shape index (κ2) is 10.5. The maximum atomic E-state index is 13.2. The van der Waals surface area contributed by atoms with Crippen LogP contribution in [0.4, 0.5) is 0 Å². The Balaban J connectivity index is 2.06. The molecule has 2 N–H and O–H groups in total. The Morgan fingerprint density at radius 1 is 1.12 bits per heavy atom. The van der Waals surface area contributed by atoms with Crippen molar-refractivity contribution in [3.63, 3.8) is 0 Å². The average Bonchev–Trinajstić information content (AvgIpc) is 2.75. The SMILES string of the molecule is C=C1CC[C@H](Br)[C@@]2(C)CC[C@@H](Br)[C@@](C)(O)CC[C@@H](C(C)(C)Br)OC(=O)c3ccc(O)c(c3)CC12. The summed E-state index contributed by atoms with van der Waals surface area (Å²) in [7, 11) is 0. The maximum absolute atomic E-state index is 13.2. The van der Waals surface area contributed by atoms with E-state index in [1.54, 1.807) is 18.2 Å². The zero-order chi connectivity index (χ0) is 25.5. The van der Waals surface area contributed by atoms with Crippen LogP contribution in [0.25, 0.3) is 0 Å². The molecule has 0 radical (unpaired) electrons. The quantitative estimate of drug-likeness (QED) is 0.186. The van der Waals surface area contributed by atoms with Crippen molar-refractivity contribution in [2.24, 2.45) is 11.3 Å². The van der Waals surface area contributed by atoms with Gasteiger partial charge in [-0.25, -0.2) is 4.79 Å². The lowest BCUT2D eigenvalue weighted by atomic mass is 9.61. The predicted octanol–water partition coefficient (Wildman–Crippen LogP) is 7.46. The van der Waals surface area contributed by atoms with Gasteiger partial charge < -0.3 is 14.9 Å². The third kappa shape index (κ3) is 6.12.